The summed E-state index contributed by atoms with van der Waals surface area (Å²) in [4.78, 5) is 0. The van der Waals surface area contributed by atoms with E-state index in [4.69, 9.17) is 0 Å². The van der Waals surface area contributed by atoms with Crippen LogP contribution in [0.2, 0.25) is 0 Å². The SMILES string of the molecule is C=C[C@@](C)(O)CCC1=C(C)C=C[C@H]2C(C)(C)CCC[C@]12C. The Hall–Kier alpha value is -0.820. The first kappa shape index (κ1) is 16.5. The average molecular weight is 288 g/mol. The third kappa shape index (κ3) is 3.04. The molecule has 1 nitrogen and oxygen atoms in total. The number of fused-ring (bicyclic) bond motifs is 1. The van der Waals surface area contributed by atoms with E-state index in [1.165, 1.54) is 24.8 Å². The summed E-state index contributed by atoms with van der Waals surface area (Å²) in [5.74, 6) is 0.617. The highest BCUT2D eigenvalue weighted by Crippen LogP contribution is 2.58. The molecule has 2 aliphatic rings. The van der Waals surface area contributed by atoms with Crippen LogP contribution in [-0.4, -0.2) is 10.7 Å². The van der Waals surface area contributed by atoms with Gasteiger partial charge in [0, 0.05) is 0 Å². The van der Waals surface area contributed by atoms with Crippen LogP contribution in [0.1, 0.15) is 66.7 Å². The summed E-state index contributed by atoms with van der Waals surface area (Å²) >= 11 is 0. The van der Waals surface area contributed by atoms with Crippen molar-refractivity contribution in [3.8, 4) is 0 Å². The zero-order valence-electron chi connectivity index (χ0n) is 14.5. The van der Waals surface area contributed by atoms with Gasteiger partial charge in [0.2, 0.25) is 0 Å². The number of aliphatic hydroxyl groups is 1. The zero-order valence-corrected chi connectivity index (χ0v) is 14.5. The van der Waals surface area contributed by atoms with E-state index in [1.807, 2.05) is 6.92 Å². The summed E-state index contributed by atoms with van der Waals surface area (Å²) in [6.07, 6.45) is 12.1. The topological polar surface area (TPSA) is 20.2 Å². The monoisotopic (exact) mass is 288 g/mol. The van der Waals surface area contributed by atoms with Crippen LogP contribution in [-0.2, 0) is 0 Å². The van der Waals surface area contributed by atoms with Crippen LogP contribution in [0.4, 0.5) is 0 Å². The summed E-state index contributed by atoms with van der Waals surface area (Å²) in [5.41, 5.74) is 2.84. The summed E-state index contributed by atoms with van der Waals surface area (Å²) in [6, 6.07) is 0. The third-order valence-electron chi connectivity index (χ3n) is 6.07. The van der Waals surface area contributed by atoms with Gasteiger partial charge in [0.1, 0.15) is 0 Å². The third-order valence-corrected chi connectivity index (χ3v) is 6.07. The fraction of sp³-hybridized carbons (Fsp3) is 0.700. The normalized spacial score (nSPS) is 34.3. The van der Waals surface area contributed by atoms with Crippen molar-refractivity contribution in [3.05, 3.63) is 36.0 Å². The molecule has 1 saturated carbocycles. The van der Waals surface area contributed by atoms with E-state index in [-0.39, 0.29) is 5.41 Å². The van der Waals surface area contributed by atoms with E-state index in [9.17, 15) is 5.11 Å². The van der Waals surface area contributed by atoms with E-state index >= 15 is 0 Å². The molecule has 0 bridgehead atoms. The van der Waals surface area contributed by atoms with Crippen LogP contribution in [0.5, 0.6) is 0 Å². The highest BCUT2D eigenvalue weighted by molar-refractivity contribution is 5.37. The first-order chi connectivity index (χ1) is 9.62. The molecule has 118 valence electrons. The van der Waals surface area contributed by atoms with Crippen molar-refractivity contribution in [1.29, 1.82) is 0 Å². The minimum Gasteiger partial charge on any atom is -0.386 e. The second-order valence-corrected chi connectivity index (χ2v) is 8.32. The van der Waals surface area contributed by atoms with Crippen molar-refractivity contribution in [2.75, 3.05) is 0 Å². The molecule has 0 aromatic carbocycles. The lowest BCUT2D eigenvalue weighted by atomic mass is 9.51. The Labute approximate surface area is 130 Å². The van der Waals surface area contributed by atoms with E-state index in [0.717, 1.165) is 12.8 Å². The highest BCUT2D eigenvalue weighted by atomic mass is 16.3. The average Bonchev–Trinajstić information content (AvgIpc) is 2.36. The first-order valence-corrected chi connectivity index (χ1v) is 8.37. The molecular formula is C20H32O. The molecule has 0 radical (unpaired) electrons. The van der Waals surface area contributed by atoms with Crippen molar-refractivity contribution in [1.82, 2.24) is 0 Å². The molecule has 0 saturated heterocycles. The molecule has 3 atom stereocenters. The molecule has 0 heterocycles. The number of hydrogen-bond donors (Lipinski definition) is 1. The first-order valence-electron chi connectivity index (χ1n) is 8.37. The van der Waals surface area contributed by atoms with Gasteiger partial charge in [-0.2, -0.15) is 0 Å². The number of hydrogen-bond acceptors (Lipinski definition) is 1. The van der Waals surface area contributed by atoms with Crippen LogP contribution < -0.4 is 0 Å². The molecular weight excluding hydrogens is 256 g/mol. The largest absolute Gasteiger partial charge is 0.386 e. The van der Waals surface area contributed by atoms with Crippen molar-refractivity contribution in [3.63, 3.8) is 0 Å². The molecule has 0 aromatic rings. The summed E-state index contributed by atoms with van der Waals surface area (Å²) in [7, 11) is 0. The summed E-state index contributed by atoms with van der Waals surface area (Å²) in [5, 5.41) is 10.3. The van der Waals surface area contributed by atoms with Gasteiger partial charge in [0.05, 0.1) is 5.60 Å². The van der Waals surface area contributed by atoms with E-state index in [0.29, 0.717) is 11.3 Å². The van der Waals surface area contributed by atoms with Gasteiger partial charge in [0.15, 0.2) is 0 Å². The predicted octanol–water partition coefficient (Wildman–Crippen LogP) is 5.42. The molecule has 2 aliphatic carbocycles. The Kier molecular flexibility index (Phi) is 4.28. The fourth-order valence-electron chi connectivity index (χ4n) is 4.65. The second-order valence-electron chi connectivity index (χ2n) is 8.32. The maximum atomic E-state index is 10.3. The summed E-state index contributed by atoms with van der Waals surface area (Å²) < 4.78 is 0. The minimum atomic E-state index is -0.759. The zero-order chi connectivity index (χ0) is 15.9. The molecule has 2 rings (SSSR count). The van der Waals surface area contributed by atoms with Gasteiger partial charge in [-0.05, 0) is 56.3 Å². The van der Waals surface area contributed by atoms with Gasteiger partial charge < -0.3 is 5.11 Å². The molecule has 1 fully saturated rings. The van der Waals surface area contributed by atoms with Crippen LogP contribution in [0, 0.1) is 16.7 Å². The highest BCUT2D eigenvalue weighted by Gasteiger charge is 2.48. The lowest BCUT2D eigenvalue weighted by Gasteiger charge is -2.53. The fourth-order valence-corrected chi connectivity index (χ4v) is 4.65. The predicted molar refractivity (Wildman–Crippen MR) is 91.1 cm³/mol. The minimum absolute atomic E-state index is 0.262. The molecule has 1 N–H and O–H groups in total. The smallest absolute Gasteiger partial charge is 0.0800 e. The van der Waals surface area contributed by atoms with Crippen molar-refractivity contribution in [2.24, 2.45) is 16.7 Å². The molecule has 1 heteroatoms. The quantitative estimate of drug-likeness (QED) is 0.685. The number of allylic oxidation sites excluding steroid dienone is 4. The van der Waals surface area contributed by atoms with Crippen molar-refractivity contribution >= 4 is 0 Å². The number of rotatable bonds is 4. The lowest BCUT2D eigenvalue weighted by Crippen LogP contribution is -2.44. The van der Waals surface area contributed by atoms with E-state index < -0.39 is 5.60 Å². The molecule has 0 spiro atoms. The van der Waals surface area contributed by atoms with Crippen LogP contribution in [0.15, 0.2) is 36.0 Å². The molecule has 0 aromatic heterocycles. The Morgan fingerprint density at radius 3 is 2.67 bits per heavy atom. The Morgan fingerprint density at radius 1 is 1.38 bits per heavy atom. The van der Waals surface area contributed by atoms with Gasteiger partial charge in [-0.25, -0.2) is 0 Å². The van der Waals surface area contributed by atoms with Gasteiger partial charge in [-0.1, -0.05) is 56.6 Å². The van der Waals surface area contributed by atoms with Gasteiger partial charge in [0.25, 0.3) is 0 Å². The Morgan fingerprint density at radius 2 is 2.05 bits per heavy atom. The van der Waals surface area contributed by atoms with Gasteiger partial charge in [-0.15, -0.1) is 6.58 Å². The molecule has 21 heavy (non-hydrogen) atoms. The maximum Gasteiger partial charge on any atom is 0.0800 e. The standard InChI is InChI=1S/C20H32O/c1-7-19(5,21)14-11-16-15(2)9-10-17-18(3,4)12-8-13-20(16,17)6/h7,9-10,17,21H,1,8,11-14H2,2-6H3/t17-,19+,20+/m0/s1. The Bertz CT molecular complexity index is 478. The maximum absolute atomic E-state index is 10.3. The lowest BCUT2D eigenvalue weighted by molar-refractivity contribution is 0.0518. The molecule has 0 unspecified atom stereocenters. The van der Waals surface area contributed by atoms with E-state index in [1.54, 1.807) is 11.6 Å². The summed E-state index contributed by atoms with van der Waals surface area (Å²) in [6.45, 7) is 15.1. The van der Waals surface area contributed by atoms with Crippen LogP contribution in [0.25, 0.3) is 0 Å². The van der Waals surface area contributed by atoms with Crippen molar-refractivity contribution in [2.45, 2.75) is 72.3 Å². The van der Waals surface area contributed by atoms with E-state index in [2.05, 4.69) is 46.4 Å². The molecule has 0 aliphatic heterocycles. The van der Waals surface area contributed by atoms with Crippen LogP contribution in [0.3, 0.4) is 0 Å². The Balaban J connectivity index is 2.30. The van der Waals surface area contributed by atoms with Crippen molar-refractivity contribution < 1.29 is 5.11 Å². The van der Waals surface area contributed by atoms with Gasteiger partial charge >= 0.3 is 0 Å². The van der Waals surface area contributed by atoms with Gasteiger partial charge in [-0.3, -0.25) is 0 Å². The molecule has 0 amide bonds. The van der Waals surface area contributed by atoms with Crippen LogP contribution >= 0.6 is 0 Å². The second kappa shape index (κ2) is 5.43.